The second-order valence-electron chi connectivity index (χ2n) is 4.29. The number of benzene rings is 2. The summed E-state index contributed by atoms with van der Waals surface area (Å²) >= 11 is 12.0. The van der Waals surface area contributed by atoms with Crippen LogP contribution in [0.15, 0.2) is 30.3 Å². The Bertz CT molecular complexity index is 661. The Hall–Kier alpha value is -1.78. The van der Waals surface area contributed by atoms with Crippen LogP contribution in [0.2, 0.25) is 10.0 Å². The van der Waals surface area contributed by atoms with Crippen LogP contribution in [0.1, 0.15) is 5.56 Å². The van der Waals surface area contributed by atoms with Crippen molar-refractivity contribution in [3.05, 3.63) is 45.9 Å². The molecule has 0 unspecified atom stereocenters. The molecule has 0 aliphatic carbocycles. The highest BCUT2D eigenvalue weighted by molar-refractivity contribution is 6.43. The van der Waals surface area contributed by atoms with Crippen LogP contribution in [0.5, 0.6) is 17.2 Å². The van der Waals surface area contributed by atoms with Gasteiger partial charge in [-0.1, -0.05) is 29.3 Å². The molecule has 6 heteroatoms. The lowest BCUT2D eigenvalue weighted by Gasteiger charge is -2.11. The number of halogens is 2. The number of hydrogen-bond acceptors (Lipinski definition) is 4. The molecule has 0 radical (unpaired) electrons. The number of fused-ring (bicyclic) bond motifs is 1. The van der Waals surface area contributed by atoms with E-state index < -0.39 is 0 Å². The van der Waals surface area contributed by atoms with Gasteiger partial charge in [-0.2, -0.15) is 0 Å². The van der Waals surface area contributed by atoms with Gasteiger partial charge in [0.2, 0.25) is 6.79 Å². The van der Waals surface area contributed by atoms with Crippen molar-refractivity contribution < 1.29 is 14.6 Å². The molecule has 0 atom stereocenters. The summed E-state index contributed by atoms with van der Waals surface area (Å²) in [6, 6.07) is 8.61. The summed E-state index contributed by atoms with van der Waals surface area (Å²) in [7, 11) is 0. The van der Waals surface area contributed by atoms with Gasteiger partial charge < -0.3 is 19.9 Å². The van der Waals surface area contributed by atoms with E-state index in [0.29, 0.717) is 39.3 Å². The number of rotatable bonds is 3. The first-order valence-corrected chi connectivity index (χ1v) is 6.70. The highest BCUT2D eigenvalue weighted by atomic mass is 35.5. The molecule has 0 saturated heterocycles. The second kappa shape index (κ2) is 5.31. The van der Waals surface area contributed by atoms with Crippen LogP contribution in [0.25, 0.3) is 0 Å². The third-order valence-electron chi connectivity index (χ3n) is 2.99. The fourth-order valence-electron chi connectivity index (χ4n) is 1.95. The van der Waals surface area contributed by atoms with Gasteiger partial charge >= 0.3 is 0 Å². The standard InChI is InChI=1S/C14H11Cl2NO3/c15-9-2-1-3-10(14(9)16)17-6-8-4-12-13(5-11(8)18)20-7-19-12/h1-5,17-18H,6-7H2. The Morgan fingerprint density at radius 1 is 1.15 bits per heavy atom. The molecule has 104 valence electrons. The maximum Gasteiger partial charge on any atom is 0.231 e. The largest absolute Gasteiger partial charge is 0.507 e. The number of nitrogens with one attached hydrogen (secondary N) is 1. The van der Waals surface area contributed by atoms with Crippen LogP contribution in [0, 0.1) is 0 Å². The lowest BCUT2D eigenvalue weighted by Crippen LogP contribution is -2.00. The Morgan fingerprint density at radius 3 is 2.70 bits per heavy atom. The van der Waals surface area contributed by atoms with Gasteiger partial charge in [0, 0.05) is 18.2 Å². The van der Waals surface area contributed by atoms with Gasteiger partial charge in [-0.05, 0) is 18.2 Å². The molecule has 0 amide bonds. The summed E-state index contributed by atoms with van der Waals surface area (Å²) < 4.78 is 10.5. The van der Waals surface area contributed by atoms with Gasteiger partial charge in [0.1, 0.15) is 5.75 Å². The average molecular weight is 312 g/mol. The van der Waals surface area contributed by atoms with E-state index in [-0.39, 0.29) is 12.5 Å². The molecule has 3 rings (SSSR count). The minimum Gasteiger partial charge on any atom is -0.507 e. The molecular weight excluding hydrogens is 301 g/mol. The molecule has 2 N–H and O–H groups in total. The van der Waals surface area contributed by atoms with Gasteiger partial charge in [0.05, 0.1) is 15.7 Å². The first-order chi connectivity index (χ1) is 9.65. The highest BCUT2D eigenvalue weighted by Gasteiger charge is 2.17. The van der Waals surface area contributed by atoms with E-state index in [1.54, 1.807) is 24.3 Å². The fraction of sp³-hybridized carbons (Fsp3) is 0.143. The molecule has 20 heavy (non-hydrogen) atoms. The number of ether oxygens (including phenoxy) is 2. The van der Waals surface area contributed by atoms with Crippen molar-refractivity contribution in [2.24, 2.45) is 0 Å². The first-order valence-electron chi connectivity index (χ1n) is 5.94. The number of aromatic hydroxyl groups is 1. The summed E-state index contributed by atoms with van der Waals surface area (Å²) in [6.45, 7) is 0.564. The van der Waals surface area contributed by atoms with Gasteiger partial charge in [-0.15, -0.1) is 0 Å². The van der Waals surface area contributed by atoms with E-state index in [1.165, 1.54) is 0 Å². The lowest BCUT2D eigenvalue weighted by molar-refractivity contribution is 0.174. The van der Waals surface area contributed by atoms with Crippen LogP contribution < -0.4 is 14.8 Å². The number of hydrogen-bond donors (Lipinski definition) is 2. The molecule has 2 aromatic rings. The Labute approximate surface area is 125 Å². The van der Waals surface area contributed by atoms with E-state index in [2.05, 4.69) is 5.32 Å². The van der Waals surface area contributed by atoms with Gasteiger partial charge in [0.25, 0.3) is 0 Å². The van der Waals surface area contributed by atoms with E-state index in [4.69, 9.17) is 32.7 Å². The third-order valence-corrected chi connectivity index (χ3v) is 3.81. The molecular formula is C14H11Cl2NO3. The van der Waals surface area contributed by atoms with Gasteiger partial charge in [0.15, 0.2) is 11.5 Å². The van der Waals surface area contributed by atoms with E-state index in [0.717, 1.165) is 0 Å². The maximum atomic E-state index is 9.94. The third kappa shape index (κ3) is 2.44. The quantitative estimate of drug-likeness (QED) is 0.898. The summed E-state index contributed by atoms with van der Waals surface area (Å²) in [5, 5.41) is 14.0. The van der Waals surface area contributed by atoms with Crippen LogP contribution >= 0.6 is 23.2 Å². The second-order valence-corrected chi connectivity index (χ2v) is 5.07. The molecule has 4 nitrogen and oxygen atoms in total. The van der Waals surface area contributed by atoms with E-state index in [9.17, 15) is 5.11 Å². The zero-order chi connectivity index (χ0) is 14.1. The van der Waals surface area contributed by atoms with Crippen molar-refractivity contribution in [2.45, 2.75) is 6.54 Å². The Balaban J connectivity index is 1.80. The van der Waals surface area contributed by atoms with Crippen molar-refractivity contribution in [3.63, 3.8) is 0 Å². The van der Waals surface area contributed by atoms with Crippen molar-refractivity contribution in [2.75, 3.05) is 12.1 Å². The minimum atomic E-state index is 0.139. The molecule has 1 aliphatic rings. The Kier molecular flexibility index (Phi) is 3.51. The summed E-state index contributed by atoms with van der Waals surface area (Å²) in [5.74, 6) is 1.31. The van der Waals surface area contributed by atoms with Crippen LogP contribution in [-0.2, 0) is 6.54 Å². The summed E-state index contributed by atoms with van der Waals surface area (Å²) in [5.41, 5.74) is 1.39. The zero-order valence-electron chi connectivity index (χ0n) is 10.3. The van der Waals surface area contributed by atoms with Gasteiger partial charge in [-0.3, -0.25) is 0 Å². The lowest BCUT2D eigenvalue weighted by atomic mass is 10.1. The molecule has 1 heterocycles. The van der Waals surface area contributed by atoms with Crippen LogP contribution in [0.4, 0.5) is 5.69 Å². The normalized spacial score (nSPS) is 12.5. The van der Waals surface area contributed by atoms with Gasteiger partial charge in [-0.25, -0.2) is 0 Å². The number of anilines is 1. The minimum absolute atomic E-state index is 0.139. The van der Waals surface area contributed by atoms with Crippen molar-refractivity contribution in [1.82, 2.24) is 0 Å². The SMILES string of the molecule is Oc1cc2c(cc1CNc1cccc(Cl)c1Cl)OCO2. The first kappa shape index (κ1) is 13.2. The highest BCUT2D eigenvalue weighted by Crippen LogP contribution is 2.38. The van der Waals surface area contributed by atoms with Crippen molar-refractivity contribution >= 4 is 28.9 Å². The smallest absolute Gasteiger partial charge is 0.231 e. The predicted molar refractivity (Wildman–Crippen MR) is 78.0 cm³/mol. The van der Waals surface area contributed by atoms with Crippen molar-refractivity contribution in [3.8, 4) is 17.2 Å². The summed E-state index contributed by atoms with van der Waals surface area (Å²) in [4.78, 5) is 0. The molecule has 2 aromatic carbocycles. The molecule has 0 saturated carbocycles. The molecule has 1 aliphatic heterocycles. The maximum absolute atomic E-state index is 9.94. The molecule has 0 spiro atoms. The monoisotopic (exact) mass is 311 g/mol. The Morgan fingerprint density at radius 2 is 1.90 bits per heavy atom. The molecule has 0 fully saturated rings. The fourth-order valence-corrected chi connectivity index (χ4v) is 2.31. The van der Waals surface area contributed by atoms with Crippen LogP contribution in [0.3, 0.4) is 0 Å². The average Bonchev–Trinajstić information content (AvgIpc) is 2.87. The number of phenolic OH excluding ortho intramolecular Hbond substituents is 1. The molecule has 0 bridgehead atoms. The topological polar surface area (TPSA) is 50.7 Å². The van der Waals surface area contributed by atoms with E-state index >= 15 is 0 Å². The number of phenols is 1. The zero-order valence-corrected chi connectivity index (χ0v) is 11.8. The van der Waals surface area contributed by atoms with Crippen molar-refractivity contribution in [1.29, 1.82) is 0 Å². The molecule has 0 aromatic heterocycles. The van der Waals surface area contributed by atoms with Crippen LogP contribution in [-0.4, -0.2) is 11.9 Å². The predicted octanol–water partition coefficient (Wildman–Crippen LogP) is 4.04. The van der Waals surface area contributed by atoms with E-state index in [1.807, 2.05) is 6.07 Å². The summed E-state index contributed by atoms with van der Waals surface area (Å²) in [6.07, 6.45) is 0.